The van der Waals surface area contributed by atoms with Crippen LogP contribution >= 0.6 is 0 Å². The van der Waals surface area contributed by atoms with Crippen LogP contribution in [0.4, 0.5) is 0 Å². The summed E-state index contributed by atoms with van der Waals surface area (Å²) < 4.78 is 0. The molecule has 1 aromatic carbocycles. The summed E-state index contributed by atoms with van der Waals surface area (Å²) >= 11 is 0. The third-order valence-corrected chi connectivity index (χ3v) is 2.54. The molecule has 0 bridgehead atoms. The fourth-order valence-corrected chi connectivity index (χ4v) is 1.35. The largest absolute Gasteiger partial charge is 0.345 e. The van der Waals surface area contributed by atoms with Gasteiger partial charge in [-0.1, -0.05) is 12.1 Å². The minimum absolute atomic E-state index is 0.0266. The summed E-state index contributed by atoms with van der Waals surface area (Å²) in [7, 11) is 3.44. The van der Waals surface area contributed by atoms with Crippen LogP contribution in [0.3, 0.4) is 0 Å². The van der Waals surface area contributed by atoms with E-state index in [1.54, 1.807) is 26.2 Å². The van der Waals surface area contributed by atoms with Crippen LogP contribution in [-0.4, -0.2) is 24.9 Å². The maximum atomic E-state index is 11.6. The predicted molar refractivity (Wildman–Crippen MR) is 63.1 cm³/mol. The minimum atomic E-state index is -0.514. The van der Waals surface area contributed by atoms with Crippen molar-refractivity contribution in [1.82, 2.24) is 4.90 Å². The highest BCUT2D eigenvalue weighted by Gasteiger charge is 2.19. The third kappa shape index (κ3) is 2.40. The van der Waals surface area contributed by atoms with E-state index in [2.05, 4.69) is 6.07 Å². The van der Waals surface area contributed by atoms with E-state index in [1.807, 2.05) is 26.0 Å². The maximum absolute atomic E-state index is 11.6. The summed E-state index contributed by atoms with van der Waals surface area (Å²) in [6, 6.07) is 9.42. The van der Waals surface area contributed by atoms with Crippen molar-refractivity contribution < 1.29 is 4.79 Å². The molecule has 0 radical (unpaired) electrons. The van der Waals surface area contributed by atoms with Crippen molar-refractivity contribution >= 4 is 5.91 Å². The van der Waals surface area contributed by atoms with Crippen LogP contribution in [0.25, 0.3) is 0 Å². The first kappa shape index (κ1) is 12.3. The summed E-state index contributed by atoms with van der Waals surface area (Å²) in [6.45, 7) is 3.71. The van der Waals surface area contributed by atoms with Gasteiger partial charge in [-0.15, -0.1) is 0 Å². The molecule has 1 aromatic rings. The smallest absolute Gasteiger partial charge is 0.253 e. The molecule has 0 aromatic heterocycles. The number of nitriles is 1. The molecule has 0 atom stereocenters. The Hall–Kier alpha value is -1.82. The summed E-state index contributed by atoms with van der Waals surface area (Å²) in [4.78, 5) is 13.2. The van der Waals surface area contributed by atoms with Crippen LogP contribution < -0.4 is 0 Å². The highest BCUT2D eigenvalue weighted by atomic mass is 16.2. The highest BCUT2D eigenvalue weighted by molar-refractivity contribution is 5.93. The molecular weight excluding hydrogens is 200 g/mol. The van der Waals surface area contributed by atoms with Gasteiger partial charge in [-0.25, -0.2) is 0 Å². The van der Waals surface area contributed by atoms with Crippen LogP contribution in [0.2, 0.25) is 0 Å². The maximum Gasteiger partial charge on any atom is 0.253 e. The molecule has 0 aliphatic heterocycles. The summed E-state index contributed by atoms with van der Waals surface area (Å²) in [6.07, 6.45) is 0. The van der Waals surface area contributed by atoms with Gasteiger partial charge in [-0.05, 0) is 31.5 Å². The number of nitrogens with zero attached hydrogens (tertiary/aromatic N) is 2. The molecule has 0 fully saturated rings. The number of carbonyl (C=O) groups is 1. The fraction of sp³-hybridized carbons (Fsp3) is 0.385. The van der Waals surface area contributed by atoms with E-state index in [0.717, 1.165) is 5.56 Å². The molecule has 0 aliphatic rings. The monoisotopic (exact) mass is 216 g/mol. The predicted octanol–water partition coefficient (Wildman–Crippen LogP) is 2.19. The van der Waals surface area contributed by atoms with E-state index in [4.69, 9.17) is 5.26 Å². The summed E-state index contributed by atoms with van der Waals surface area (Å²) in [5.41, 5.74) is 1.05. The van der Waals surface area contributed by atoms with Gasteiger partial charge in [0.25, 0.3) is 5.91 Å². The first-order valence-corrected chi connectivity index (χ1v) is 5.12. The second-order valence-electron chi connectivity index (χ2n) is 4.51. The van der Waals surface area contributed by atoms with E-state index in [9.17, 15) is 4.79 Å². The van der Waals surface area contributed by atoms with Gasteiger partial charge in [0, 0.05) is 19.7 Å². The van der Waals surface area contributed by atoms with Crippen LogP contribution in [-0.2, 0) is 5.41 Å². The van der Waals surface area contributed by atoms with Crippen molar-refractivity contribution in [3.63, 3.8) is 0 Å². The first-order chi connectivity index (χ1) is 7.38. The zero-order valence-corrected chi connectivity index (χ0v) is 10.1. The van der Waals surface area contributed by atoms with Crippen molar-refractivity contribution in [3.8, 4) is 6.07 Å². The quantitative estimate of drug-likeness (QED) is 0.760. The van der Waals surface area contributed by atoms with Gasteiger partial charge in [0.1, 0.15) is 0 Å². The molecule has 0 heterocycles. The molecule has 84 valence electrons. The van der Waals surface area contributed by atoms with Crippen LogP contribution in [0, 0.1) is 11.3 Å². The van der Waals surface area contributed by atoms with Crippen molar-refractivity contribution in [2.45, 2.75) is 19.3 Å². The number of carbonyl (C=O) groups excluding carboxylic acids is 1. The van der Waals surface area contributed by atoms with Crippen molar-refractivity contribution in [2.75, 3.05) is 14.1 Å². The van der Waals surface area contributed by atoms with Gasteiger partial charge in [0.05, 0.1) is 11.5 Å². The molecule has 0 saturated heterocycles. The highest BCUT2D eigenvalue weighted by Crippen LogP contribution is 2.22. The number of benzene rings is 1. The lowest BCUT2D eigenvalue weighted by Crippen LogP contribution is -2.22. The Kier molecular flexibility index (Phi) is 3.34. The van der Waals surface area contributed by atoms with E-state index in [0.29, 0.717) is 5.56 Å². The average Bonchev–Trinajstić information content (AvgIpc) is 2.28. The lowest BCUT2D eigenvalue weighted by Gasteiger charge is -2.16. The lowest BCUT2D eigenvalue weighted by molar-refractivity contribution is 0.0827. The lowest BCUT2D eigenvalue weighted by atomic mass is 9.86. The Labute approximate surface area is 96.3 Å². The molecule has 0 spiro atoms. The van der Waals surface area contributed by atoms with Gasteiger partial charge < -0.3 is 4.90 Å². The molecular formula is C13H16N2O. The number of amides is 1. The van der Waals surface area contributed by atoms with Crippen molar-refractivity contribution in [1.29, 1.82) is 5.26 Å². The first-order valence-electron chi connectivity index (χ1n) is 5.12. The van der Waals surface area contributed by atoms with Gasteiger partial charge >= 0.3 is 0 Å². The zero-order chi connectivity index (χ0) is 12.3. The Bertz CT molecular complexity index is 424. The van der Waals surface area contributed by atoms with Crippen molar-refractivity contribution in [3.05, 3.63) is 35.4 Å². The minimum Gasteiger partial charge on any atom is -0.345 e. The van der Waals surface area contributed by atoms with Gasteiger partial charge in [-0.2, -0.15) is 5.26 Å². The summed E-state index contributed by atoms with van der Waals surface area (Å²) in [5.74, 6) is -0.0266. The average molecular weight is 216 g/mol. The molecule has 3 nitrogen and oxygen atoms in total. The van der Waals surface area contributed by atoms with E-state index < -0.39 is 5.41 Å². The molecule has 1 amide bonds. The molecule has 0 N–H and O–H groups in total. The summed E-state index contributed by atoms with van der Waals surface area (Å²) in [5, 5.41) is 8.99. The zero-order valence-electron chi connectivity index (χ0n) is 10.1. The van der Waals surface area contributed by atoms with Gasteiger partial charge in [0.2, 0.25) is 0 Å². The Balaban J connectivity index is 3.02. The second kappa shape index (κ2) is 4.36. The standard InChI is InChI=1S/C13H16N2O/c1-13(2,9-14)11-7-5-10(6-8-11)12(16)15(3)4/h5-8H,1-4H3. The normalized spacial score (nSPS) is 10.7. The second-order valence-corrected chi connectivity index (χ2v) is 4.51. The van der Waals surface area contributed by atoms with Crippen LogP contribution in [0.5, 0.6) is 0 Å². The molecule has 3 heteroatoms. The topological polar surface area (TPSA) is 44.1 Å². The Morgan fingerprint density at radius 2 is 1.75 bits per heavy atom. The third-order valence-electron chi connectivity index (χ3n) is 2.54. The fourth-order valence-electron chi connectivity index (χ4n) is 1.35. The van der Waals surface area contributed by atoms with Gasteiger partial charge in [0.15, 0.2) is 0 Å². The van der Waals surface area contributed by atoms with Crippen molar-refractivity contribution in [2.24, 2.45) is 0 Å². The Morgan fingerprint density at radius 3 is 2.12 bits per heavy atom. The SMILES string of the molecule is CN(C)C(=O)c1ccc(C(C)(C)C#N)cc1. The molecule has 0 aliphatic carbocycles. The van der Waals surface area contributed by atoms with E-state index in [-0.39, 0.29) is 5.91 Å². The number of hydrogen-bond acceptors (Lipinski definition) is 2. The van der Waals surface area contributed by atoms with Gasteiger partial charge in [-0.3, -0.25) is 4.79 Å². The molecule has 0 unspecified atom stereocenters. The number of hydrogen-bond donors (Lipinski definition) is 0. The van der Waals surface area contributed by atoms with E-state index in [1.165, 1.54) is 4.90 Å². The van der Waals surface area contributed by atoms with Crippen LogP contribution in [0.15, 0.2) is 24.3 Å². The van der Waals surface area contributed by atoms with E-state index >= 15 is 0 Å². The molecule has 1 rings (SSSR count). The molecule has 16 heavy (non-hydrogen) atoms. The Morgan fingerprint density at radius 1 is 1.25 bits per heavy atom. The molecule has 0 saturated carbocycles. The number of rotatable bonds is 2. The van der Waals surface area contributed by atoms with Crippen LogP contribution in [0.1, 0.15) is 29.8 Å².